The van der Waals surface area contributed by atoms with Crippen LogP contribution in [0.25, 0.3) is 0 Å². The summed E-state index contributed by atoms with van der Waals surface area (Å²) in [7, 11) is 1.47. The number of esters is 1. The number of carbonyl (C=O) groups excluding carboxylic acids is 1. The van der Waals surface area contributed by atoms with Crippen molar-refractivity contribution in [3.05, 3.63) is 89.8 Å². The van der Waals surface area contributed by atoms with Crippen LogP contribution in [-0.4, -0.2) is 40.6 Å². The van der Waals surface area contributed by atoms with Crippen molar-refractivity contribution in [3.8, 4) is 0 Å². The number of carbonyl (C=O) groups is 1. The van der Waals surface area contributed by atoms with E-state index in [9.17, 15) is 9.18 Å². The van der Waals surface area contributed by atoms with Gasteiger partial charge in [0.05, 0.1) is 30.6 Å². The van der Waals surface area contributed by atoms with Crippen molar-refractivity contribution >= 4 is 5.97 Å². The van der Waals surface area contributed by atoms with Gasteiger partial charge in [-0.05, 0) is 56.1 Å². The van der Waals surface area contributed by atoms with Crippen molar-refractivity contribution in [3.63, 3.8) is 0 Å². The fraction of sp³-hybridized carbons (Fsp3) is 0.360. The summed E-state index contributed by atoms with van der Waals surface area (Å²) in [4.78, 5) is 19.5. The maximum absolute atomic E-state index is 13.3. The Morgan fingerprint density at radius 2 is 1.81 bits per heavy atom. The summed E-state index contributed by atoms with van der Waals surface area (Å²) in [5.74, 6) is -0.393. The van der Waals surface area contributed by atoms with Crippen LogP contribution < -0.4 is 0 Å². The number of halogens is 1. The summed E-state index contributed by atoms with van der Waals surface area (Å²) < 4.78 is 20.6. The van der Waals surface area contributed by atoms with Crippen LogP contribution in [0.4, 0.5) is 4.39 Å². The number of methoxy groups -OCH3 is 1. The van der Waals surface area contributed by atoms with Crippen LogP contribution in [0.5, 0.6) is 0 Å². The highest BCUT2D eigenvalue weighted by Crippen LogP contribution is 2.37. The highest BCUT2D eigenvalue weighted by Gasteiger charge is 2.43. The topological polar surface area (TPSA) is 47.4 Å². The van der Waals surface area contributed by atoms with Gasteiger partial charge in [0.15, 0.2) is 0 Å². The monoisotopic (exact) mass is 421 g/mol. The third kappa shape index (κ3) is 4.26. The molecular formula is C25H28FN3O2. The third-order valence-electron chi connectivity index (χ3n) is 6.51. The number of nitrogens with zero attached hydrogens (tertiary/aromatic N) is 3. The molecule has 0 amide bonds. The summed E-state index contributed by atoms with van der Waals surface area (Å²) >= 11 is 0. The predicted molar refractivity (Wildman–Crippen MR) is 117 cm³/mol. The first kappa shape index (κ1) is 21.2. The van der Waals surface area contributed by atoms with Gasteiger partial charge in [0.1, 0.15) is 5.82 Å². The van der Waals surface area contributed by atoms with Crippen LogP contribution in [0.2, 0.25) is 0 Å². The Morgan fingerprint density at radius 1 is 1.13 bits per heavy atom. The normalized spacial score (nSPS) is 17.3. The molecule has 31 heavy (non-hydrogen) atoms. The van der Waals surface area contributed by atoms with E-state index in [0.29, 0.717) is 12.8 Å². The molecule has 0 spiro atoms. The average Bonchev–Trinajstić information content (AvgIpc) is 3.28. The number of hydrogen-bond acceptors (Lipinski definition) is 4. The summed E-state index contributed by atoms with van der Waals surface area (Å²) in [5.41, 5.74) is 2.57. The smallest absolute Gasteiger partial charge is 0.316 e. The summed E-state index contributed by atoms with van der Waals surface area (Å²) in [5, 5.41) is 0. The van der Waals surface area contributed by atoms with E-state index in [0.717, 1.165) is 36.5 Å². The molecule has 4 rings (SSSR count). The largest absolute Gasteiger partial charge is 0.468 e. The first-order valence-corrected chi connectivity index (χ1v) is 10.7. The number of hydrogen-bond donors (Lipinski definition) is 0. The summed E-state index contributed by atoms with van der Waals surface area (Å²) in [6.45, 7) is 4.42. The van der Waals surface area contributed by atoms with Gasteiger partial charge < -0.3 is 9.30 Å². The molecule has 0 aliphatic carbocycles. The van der Waals surface area contributed by atoms with E-state index in [1.54, 1.807) is 0 Å². The Bertz CT molecular complexity index is 1010. The lowest BCUT2D eigenvalue weighted by Crippen LogP contribution is -2.47. The van der Waals surface area contributed by atoms with E-state index in [1.807, 2.05) is 55.0 Å². The van der Waals surface area contributed by atoms with E-state index in [2.05, 4.69) is 21.4 Å². The van der Waals surface area contributed by atoms with Crippen LogP contribution in [0.3, 0.4) is 0 Å². The van der Waals surface area contributed by atoms with E-state index in [1.165, 1.54) is 19.2 Å². The first-order valence-electron chi connectivity index (χ1n) is 10.7. The number of piperidine rings is 1. The summed E-state index contributed by atoms with van der Waals surface area (Å²) in [6.07, 6.45) is 5.14. The van der Waals surface area contributed by atoms with Gasteiger partial charge in [-0.2, -0.15) is 0 Å². The molecule has 6 heteroatoms. The zero-order valence-corrected chi connectivity index (χ0v) is 18.0. The zero-order chi connectivity index (χ0) is 21.8. The van der Waals surface area contributed by atoms with Gasteiger partial charge >= 0.3 is 5.97 Å². The van der Waals surface area contributed by atoms with Crippen LogP contribution in [0, 0.1) is 5.82 Å². The SMILES string of the molecule is COC(=O)C1(c2ccccc2)CCN(Cc2cncn2C(C)c2ccc(F)cc2)CC1. The second kappa shape index (κ2) is 9.02. The fourth-order valence-electron chi connectivity index (χ4n) is 4.59. The van der Waals surface area contributed by atoms with Gasteiger partial charge in [-0.3, -0.25) is 9.69 Å². The Balaban J connectivity index is 1.48. The minimum Gasteiger partial charge on any atom is -0.468 e. The number of benzene rings is 2. The van der Waals surface area contributed by atoms with Crippen molar-refractivity contribution < 1.29 is 13.9 Å². The van der Waals surface area contributed by atoms with Gasteiger partial charge in [0, 0.05) is 12.7 Å². The molecular weight excluding hydrogens is 393 g/mol. The molecule has 1 unspecified atom stereocenters. The highest BCUT2D eigenvalue weighted by molar-refractivity contribution is 5.83. The molecule has 2 aromatic carbocycles. The van der Waals surface area contributed by atoms with Crippen LogP contribution >= 0.6 is 0 Å². The standard InChI is InChI=1S/C25H28FN3O2/c1-19(20-8-10-22(26)11-9-20)29-18-27-16-23(29)17-28-14-12-25(13-15-28,24(30)31-2)21-6-4-3-5-7-21/h3-11,16,18-19H,12-15,17H2,1-2H3. The molecule has 0 saturated carbocycles. The molecule has 0 N–H and O–H groups in total. The Kier molecular flexibility index (Phi) is 6.18. The van der Waals surface area contributed by atoms with Crippen molar-refractivity contribution in [1.29, 1.82) is 0 Å². The van der Waals surface area contributed by atoms with Gasteiger partial charge in [0.25, 0.3) is 0 Å². The molecule has 3 aromatic rings. The molecule has 0 bridgehead atoms. The van der Waals surface area contributed by atoms with Gasteiger partial charge in [-0.25, -0.2) is 9.37 Å². The van der Waals surface area contributed by atoms with Crippen molar-refractivity contribution in [2.75, 3.05) is 20.2 Å². The number of rotatable bonds is 6. The van der Waals surface area contributed by atoms with Gasteiger partial charge in [0.2, 0.25) is 0 Å². The van der Waals surface area contributed by atoms with E-state index < -0.39 is 5.41 Å². The number of ether oxygens (including phenoxy) is 1. The Hall–Kier alpha value is -2.99. The maximum atomic E-state index is 13.3. The minimum absolute atomic E-state index is 0.0568. The molecule has 1 aliphatic rings. The fourth-order valence-corrected chi connectivity index (χ4v) is 4.59. The Labute approximate surface area is 182 Å². The lowest BCUT2D eigenvalue weighted by Gasteiger charge is -2.40. The second-order valence-electron chi connectivity index (χ2n) is 8.24. The van der Waals surface area contributed by atoms with Crippen molar-refractivity contribution in [2.24, 2.45) is 0 Å². The number of aromatic nitrogens is 2. The quantitative estimate of drug-likeness (QED) is 0.556. The maximum Gasteiger partial charge on any atom is 0.316 e. The average molecular weight is 422 g/mol. The molecule has 5 nitrogen and oxygen atoms in total. The Morgan fingerprint density at radius 3 is 2.45 bits per heavy atom. The van der Waals surface area contributed by atoms with Crippen molar-refractivity contribution in [1.82, 2.24) is 14.5 Å². The lowest BCUT2D eigenvalue weighted by atomic mass is 9.72. The molecule has 162 valence electrons. The molecule has 1 aliphatic heterocycles. The van der Waals surface area contributed by atoms with E-state index >= 15 is 0 Å². The molecule has 1 aromatic heterocycles. The molecule has 0 radical (unpaired) electrons. The third-order valence-corrected chi connectivity index (χ3v) is 6.51. The molecule has 1 fully saturated rings. The van der Waals surface area contributed by atoms with Crippen molar-refractivity contribution in [2.45, 2.75) is 37.8 Å². The van der Waals surface area contributed by atoms with E-state index in [4.69, 9.17) is 4.74 Å². The molecule has 2 heterocycles. The molecule has 1 atom stereocenters. The number of likely N-dealkylation sites (tertiary alicyclic amines) is 1. The van der Waals surface area contributed by atoms with Crippen LogP contribution in [0.1, 0.15) is 42.6 Å². The number of imidazole rings is 1. The molecule has 1 saturated heterocycles. The predicted octanol–water partition coefficient (Wildman–Crippen LogP) is 4.34. The second-order valence-corrected chi connectivity index (χ2v) is 8.24. The van der Waals surface area contributed by atoms with Crippen LogP contribution in [-0.2, 0) is 21.5 Å². The van der Waals surface area contributed by atoms with Gasteiger partial charge in [-0.15, -0.1) is 0 Å². The minimum atomic E-state index is -0.589. The zero-order valence-electron chi connectivity index (χ0n) is 18.0. The van der Waals surface area contributed by atoms with E-state index in [-0.39, 0.29) is 17.8 Å². The summed E-state index contributed by atoms with van der Waals surface area (Å²) in [6, 6.07) is 16.6. The van der Waals surface area contributed by atoms with Gasteiger partial charge in [-0.1, -0.05) is 42.5 Å². The highest BCUT2D eigenvalue weighted by atomic mass is 19.1. The van der Waals surface area contributed by atoms with Crippen LogP contribution in [0.15, 0.2) is 67.1 Å². The lowest BCUT2D eigenvalue weighted by molar-refractivity contribution is -0.149. The first-order chi connectivity index (χ1) is 15.0.